The molecule has 0 radical (unpaired) electrons. The third-order valence-corrected chi connectivity index (χ3v) is 11.5. The summed E-state index contributed by atoms with van der Waals surface area (Å²) in [5, 5.41) is 13.5. The molecule has 11 nitrogen and oxygen atoms in total. The molecular formula is C54H55NO10. The van der Waals surface area contributed by atoms with E-state index >= 15 is 0 Å². The lowest BCUT2D eigenvalue weighted by Crippen LogP contribution is -2.63. The third-order valence-electron chi connectivity index (χ3n) is 11.5. The lowest BCUT2D eigenvalue weighted by Gasteiger charge is -2.46. The van der Waals surface area contributed by atoms with Crippen LogP contribution in [0.3, 0.4) is 0 Å². The molecule has 1 aromatic heterocycles. The van der Waals surface area contributed by atoms with Crippen LogP contribution in [0.15, 0.2) is 185 Å². The van der Waals surface area contributed by atoms with Crippen molar-refractivity contribution in [1.82, 2.24) is 5.23 Å². The predicted octanol–water partition coefficient (Wildman–Crippen LogP) is 9.90. The van der Waals surface area contributed by atoms with Crippen LogP contribution in [-0.2, 0) is 59.8 Å². The summed E-state index contributed by atoms with van der Waals surface area (Å²) in [6.45, 7) is 3.16. The quantitative estimate of drug-likeness (QED) is 0.0549. The van der Waals surface area contributed by atoms with E-state index in [9.17, 15) is 9.90 Å². The number of rotatable bonds is 21. The van der Waals surface area contributed by atoms with Gasteiger partial charge in [-0.2, -0.15) is 0 Å². The first-order valence-corrected chi connectivity index (χ1v) is 22.0. The van der Waals surface area contributed by atoms with Gasteiger partial charge in [-0.1, -0.05) is 169 Å². The minimum Gasteiger partial charge on any atom is -0.507 e. The van der Waals surface area contributed by atoms with E-state index in [0.717, 1.165) is 27.8 Å². The highest BCUT2D eigenvalue weighted by atomic mass is 17.0. The van der Waals surface area contributed by atoms with Gasteiger partial charge in [0, 0.05) is 5.92 Å². The minimum absolute atomic E-state index is 0.133. The van der Waals surface area contributed by atoms with Gasteiger partial charge in [0.1, 0.15) is 35.7 Å². The topological polar surface area (TPSA) is 118 Å². The summed E-state index contributed by atoms with van der Waals surface area (Å²) in [6.07, 6.45) is -3.83. The summed E-state index contributed by atoms with van der Waals surface area (Å²) in [4.78, 5) is 26.6. The van der Waals surface area contributed by atoms with Crippen molar-refractivity contribution in [2.75, 3.05) is 13.7 Å². The summed E-state index contributed by atoms with van der Waals surface area (Å²) >= 11 is 0. The van der Waals surface area contributed by atoms with Crippen molar-refractivity contribution in [3.05, 3.63) is 220 Å². The summed E-state index contributed by atoms with van der Waals surface area (Å²) in [5.74, 6) is -0.756. The Morgan fingerprint density at radius 2 is 1.08 bits per heavy atom. The summed E-state index contributed by atoms with van der Waals surface area (Å²) in [5.41, 5.74) is 4.52. The molecule has 3 unspecified atom stereocenters. The number of benzene rings is 6. The van der Waals surface area contributed by atoms with Gasteiger partial charge < -0.3 is 33.2 Å². The molecule has 0 aliphatic carbocycles. The van der Waals surface area contributed by atoms with Crippen molar-refractivity contribution < 1.29 is 42.9 Å². The lowest BCUT2D eigenvalue weighted by molar-refractivity contribution is -0.458. The van der Waals surface area contributed by atoms with Gasteiger partial charge >= 0.3 is 5.63 Å². The molecule has 0 saturated carbocycles. The average molecular weight is 878 g/mol. The maximum Gasteiger partial charge on any atom is 0.343 e. The second kappa shape index (κ2) is 22.8. The average Bonchev–Trinajstić information content (AvgIpc) is 3.35. The van der Waals surface area contributed by atoms with Crippen LogP contribution in [0.1, 0.15) is 52.6 Å². The minimum atomic E-state index is -1.11. The van der Waals surface area contributed by atoms with Gasteiger partial charge in [0.05, 0.1) is 57.1 Å². The number of para-hydroxylation sites is 1. The van der Waals surface area contributed by atoms with Crippen LogP contribution in [0.5, 0.6) is 5.75 Å². The molecule has 336 valence electrons. The zero-order valence-corrected chi connectivity index (χ0v) is 36.6. The Balaban J connectivity index is 1.13. The summed E-state index contributed by atoms with van der Waals surface area (Å²) in [6, 6.07) is 55.7. The van der Waals surface area contributed by atoms with E-state index < -0.39 is 48.3 Å². The molecule has 0 bridgehead atoms. The van der Waals surface area contributed by atoms with Gasteiger partial charge in [0.25, 0.3) is 0 Å². The molecule has 0 spiro atoms. The van der Waals surface area contributed by atoms with Gasteiger partial charge in [-0.3, -0.25) is 4.84 Å². The fraction of sp³-hybridized carbons (Fsp3) is 0.278. The molecule has 7 aromatic rings. The highest BCUT2D eigenvalue weighted by Gasteiger charge is 2.50. The Morgan fingerprint density at radius 1 is 0.600 bits per heavy atom. The Hall–Kier alpha value is -5.99. The molecule has 1 aliphatic rings. The van der Waals surface area contributed by atoms with Crippen LogP contribution in [0.4, 0.5) is 0 Å². The molecule has 6 aromatic carbocycles. The SMILES string of the molecule is CON(OC1O[C@H](COCc2ccccc2)[C@@H](OCc2ccccc2)[C@H](OCc2ccccc2)[C@@H]1OCc1ccccc1)C(C)CC(c1ccccc1)c1c(O)c2ccccc2oc1=O. The van der Waals surface area contributed by atoms with E-state index in [1.807, 2.05) is 159 Å². The van der Waals surface area contributed by atoms with E-state index in [4.69, 9.17) is 37.8 Å². The zero-order valence-electron chi connectivity index (χ0n) is 36.6. The van der Waals surface area contributed by atoms with Crippen LogP contribution in [-0.4, -0.2) is 60.8 Å². The van der Waals surface area contributed by atoms with Gasteiger partial charge in [-0.05, 0) is 53.3 Å². The van der Waals surface area contributed by atoms with Crippen LogP contribution >= 0.6 is 0 Å². The first-order chi connectivity index (χ1) is 31.9. The number of nitrogens with zero attached hydrogens (tertiary/aromatic N) is 1. The van der Waals surface area contributed by atoms with Gasteiger partial charge in [0.15, 0.2) is 0 Å². The van der Waals surface area contributed by atoms with Crippen LogP contribution in [0.2, 0.25) is 0 Å². The Kier molecular flexibility index (Phi) is 16.0. The fourth-order valence-corrected chi connectivity index (χ4v) is 8.25. The maximum absolute atomic E-state index is 13.7. The first kappa shape index (κ1) is 45.6. The van der Waals surface area contributed by atoms with Crippen molar-refractivity contribution in [3.8, 4) is 5.75 Å². The van der Waals surface area contributed by atoms with E-state index in [1.165, 1.54) is 12.3 Å². The molecular weight excluding hydrogens is 823 g/mol. The second-order valence-electron chi connectivity index (χ2n) is 16.1. The molecule has 1 aliphatic heterocycles. The first-order valence-electron chi connectivity index (χ1n) is 22.0. The Labute approximate surface area is 379 Å². The van der Waals surface area contributed by atoms with Gasteiger partial charge in [-0.15, -0.1) is 0 Å². The molecule has 65 heavy (non-hydrogen) atoms. The van der Waals surface area contributed by atoms with Crippen LogP contribution in [0, 0.1) is 0 Å². The van der Waals surface area contributed by atoms with E-state index in [2.05, 4.69) is 0 Å². The van der Waals surface area contributed by atoms with Crippen molar-refractivity contribution in [2.24, 2.45) is 0 Å². The fourth-order valence-electron chi connectivity index (χ4n) is 8.25. The predicted molar refractivity (Wildman–Crippen MR) is 246 cm³/mol. The van der Waals surface area contributed by atoms with Crippen LogP contribution < -0.4 is 5.63 Å². The number of hydroxylamine groups is 2. The summed E-state index contributed by atoms with van der Waals surface area (Å²) < 4.78 is 39.7. The number of ether oxygens (including phenoxy) is 5. The molecule has 1 fully saturated rings. The van der Waals surface area contributed by atoms with Gasteiger partial charge in [-0.25, -0.2) is 9.63 Å². The molecule has 1 saturated heterocycles. The third kappa shape index (κ3) is 11.8. The van der Waals surface area contributed by atoms with Crippen molar-refractivity contribution >= 4 is 11.0 Å². The second-order valence-corrected chi connectivity index (χ2v) is 16.1. The molecule has 8 rings (SSSR count). The summed E-state index contributed by atoms with van der Waals surface area (Å²) in [7, 11) is 1.51. The van der Waals surface area contributed by atoms with E-state index in [-0.39, 0.29) is 44.2 Å². The highest BCUT2D eigenvalue weighted by molar-refractivity contribution is 5.84. The number of aromatic hydroxyl groups is 1. The normalized spacial score (nSPS) is 19.6. The Morgan fingerprint density at radius 3 is 1.63 bits per heavy atom. The number of fused-ring (bicyclic) bond motifs is 1. The van der Waals surface area contributed by atoms with Gasteiger partial charge in [0.2, 0.25) is 6.29 Å². The van der Waals surface area contributed by atoms with Crippen molar-refractivity contribution in [1.29, 1.82) is 0 Å². The smallest absolute Gasteiger partial charge is 0.343 e. The van der Waals surface area contributed by atoms with E-state index in [1.54, 1.807) is 24.3 Å². The molecule has 2 heterocycles. The number of hydrogen-bond acceptors (Lipinski definition) is 11. The van der Waals surface area contributed by atoms with Crippen molar-refractivity contribution in [3.63, 3.8) is 0 Å². The molecule has 7 atom stereocenters. The highest BCUT2D eigenvalue weighted by Crippen LogP contribution is 2.38. The lowest BCUT2D eigenvalue weighted by atomic mass is 9.86. The monoisotopic (exact) mass is 877 g/mol. The zero-order chi connectivity index (χ0) is 44.8. The Bertz CT molecular complexity index is 2550. The molecule has 11 heteroatoms. The standard InChI is InChI=1S/C54H55NO10/c1-38(32-45(43-28-16-7-17-29-43)48-49(56)44-30-18-19-31-46(44)63-53(48)57)55(58-2)65-54-52(62-36-42-26-14-6-15-27-42)51(61-35-41-24-12-5-13-25-41)50(60-34-40-22-10-4-11-23-40)47(64-54)37-59-33-39-20-8-3-9-21-39/h3-31,38,45,47,50-52,54,56H,32-37H2,1-2H3/t38?,45?,47-,50-,51+,52+,54?/m1/s1. The molecule has 0 amide bonds. The number of hydrogen-bond donors (Lipinski definition) is 1. The maximum atomic E-state index is 13.7. The largest absolute Gasteiger partial charge is 0.507 e. The molecule has 1 N–H and O–H groups in total. The van der Waals surface area contributed by atoms with Crippen molar-refractivity contribution in [2.45, 2.75) is 82.4 Å². The van der Waals surface area contributed by atoms with Crippen LogP contribution in [0.25, 0.3) is 11.0 Å². The van der Waals surface area contributed by atoms with E-state index in [0.29, 0.717) is 17.6 Å².